The van der Waals surface area contributed by atoms with E-state index in [9.17, 15) is 4.79 Å². The van der Waals surface area contributed by atoms with Crippen LogP contribution in [0.2, 0.25) is 0 Å². The Morgan fingerprint density at radius 3 is 2.76 bits per heavy atom. The number of benzene rings is 1. The van der Waals surface area contributed by atoms with Crippen LogP contribution in [0.15, 0.2) is 18.2 Å². The predicted molar refractivity (Wildman–Crippen MR) is 86.5 cm³/mol. The summed E-state index contributed by atoms with van der Waals surface area (Å²) in [5.74, 6) is 0.178. The number of nitrogens with zero attached hydrogens (tertiary/aromatic N) is 2. The number of amides is 1. The molecule has 2 rings (SSSR count). The van der Waals surface area contributed by atoms with E-state index < -0.39 is 0 Å². The van der Waals surface area contributed by atoms with Crippen LogP contribution in [0.25, 0.3) is 0 Å². The third-order valence-electron chi connectivity index (χ3n) is 4.18. The number of nitrogens with two attached hydrogens (primary N) is 1. The van der Waals surface area contributed by atoms with Crippen molar-refractivity contribution < 1.29 is 4.79 Å². The second-order valence-electron chi connectivity index (χ2n) is 5.95. The molecule has 1 aliphatic heterocycles. The number of hydrogen-bond donors (Lipinski definition) is 1. The molecule has 1 aromatic carbocycles. The van der Waals surface area contributed by atoms with Gasteiger partial charge in [0.2, 0.25) is 0 Å². The number of carbonyl (C=O) groups is 1. The molecule has 1 aromatic rings. The average molecular weight is 289 g/mol. The molecule has 2 N–H and O–H groups in total. The molecule has 0 unspecified atom stereocenters. The summed E-state index contributed by atoms with van der Waals surface area (Å²) >= 11 is 0. The molecule has 1 aliphatic rings. The fourth-order valence-electron chi connectivity index (χ4n) is 2.85. The van der Waals surface area contributed by atoms with E-state index in [-0.39, 0.29) is 5.91 Å². The van der Waals surface area contributed by atoms with E-state index in [0.717, 1.165) is 68.8 Å². The van der Waals surface area contributed by atoms with Crippen molar-refractivity contribution in [1.29, 1.82) is 0 Å². The summed E-state index contributed by atoms with van der Waals surface area (Å²) in [5, 5.41) is 0. The van der Waals surface area contributed by atoms with E-state index in [0.29, 0.717) is 0 Å². The van der Waals surface area contributed by atoms with Gasteiger partial charge >= 0.3 is 0 Å². The summed E-state index contributed by atoms with van der Waals surface area (Å²) in [6.07, 6.45) is 2.08. The van der Waals surface area contributed by atoms with Crippen LogP contribution in [0, 0.1) is 13.8 Å². The van der Waals surface area contributed by atoms with Gasteiger partial charge in [0.05, 0.1) is 0 Å². The van der Waals surface area contributed by atoms with Gasteiger partial charge in [-0.1, -0.05) is 17.7 Å². The first kappa shape index (κ1) is 16.0. The van der Waals surface area contributed by atoms with E-state index in [4.69, 9.17) is 5.73 Å². The van der Waals surface area contributed by atoms with Crippen molar-refractivity contribution in [1.82, 2.24) is 9.80 Å². The largest absolute Gasteiger partial charge is 0.337 e. The van der Waals surface area contributed by atoms with Gasteiger partial charge in [-0.3, -0.25) is 4.79 Å². The minimum atomic E-state index is 0.178. The number of hydrogen-bond acceptors (Lipinski definition) is 3. The minimum absolute atomic E-state index is 0.178. The lowest BCUT2D eigenvalue weighted by molar-refractivity contribution is 0.0760. The van der Waals surface area contributed by atoms with Crippen LogP contribution >= 0.6 is 0 Å². The summed E-state index contributed by atoms with van der Waals surface area (Å²) in [7, 11) is 0. The molecule has 0 radical (unpaired) electrons. The third-order valence-corrected chi connectivity index (χ3v) is 4.18. The van der Waals surface area contributed by atoms with E-state index >= 15 is 0 Å². The first-order valence-electron chi connectivity index (χ1n) is 7.91. The second-order valence-corrected chi connectivity index (χ2v) is 5.95. The van der Waals surface area contributed by atoms with E-state index in [1.165, 1.54) is 0 Å². The third kappa shape index (κ3) is 4.29. The second kappa shape index (κ2) is 7.57. The molecule has 0 aliphatic carbocycles. The van der Waals surface area contributed by atoms with E-state index in [1.54, 1.807) is 0 Å². The molecule has 4 nitrogen and oxygen atoms in total. The van der Waals surface area contributed by atoms with Crippen molar-refractivity contribution in [3.8, 4) is 0 Å². The number of aryl methyl sites for hydroxylation is 2. The topological polar surface area (TPSA) is 49.6 Å². The lowest BCUT2D eigenvalue weighted by atomic mass is 10.0. The van der Waals surface area contributed by atoms with E-state index in [2.05, 4.69) is 11.0 Å². The fourth-order valence-corrected chi connectivity index (χ4v) is 2.85. The Morgan fingerprint density at radius 2 is 2.00 bits per heavy atom. The quantitative estimate of drug-likeness (QED) is 0.919. The molecular weight excluding hydrogens is 262 g/mol. The summed E-state index contributed by atoms with van der Waals surface area (Å²) < 4.78 is 0. The van der Waals surface area contributed by atoms with Gasteiger partial charge in [-0.05, 0) is 58.0 Å². The van der Waals surface area contributed by atoms with Gasteiger partial charge in [-0.15, -0.1) is 0 Å². The standard InChI is InChI=1S/C17H27N3O/c1-14-5-6-15(2)16(13-14)17(21)20-10-4-9-19(11-12-20)8-3-7-18/h5-6,13H,3-4,7-12,18H2,1-2H3. The first-order valence-corrected chi connectivity index (χ1v) is 7.91. The summed E-state index contributed by atoms with van der Waals surface area (Å²) in [6.45, 7) is 9.52. The summed E-state index contributed by atoms with van der Waals surface area (Å²) in [4.78, 5) is 17.2. The zero-order chi connectivity index (χ0) is 15.2. The Kier molecular flexibility index (Phi) is 5.76. The predicted octanol–water partition coefficient (Wildman–Crippen LogP) is 1.80. The van der Waals surface area contributed by atoms with Gasteiger partial charge in [0, 0.05) is 25.2 Å². The van der Waals surface area contributed by atoms with E-state index in [1.807, 2.05) is 30.9 Å². The molecule has 0 bridgehead atoms. The Morgan fingerprint density at radius 1 is 1.19 bits per heavy atom. The lowest BCUT2D eigenvalue weighted by Gasteiger charge is -2.22. The summed E-state index contributed by atoms with van der Waals surface area (Å²) in [6, 6.07) is 6.10. The smallest absolute Gasteiger partial charge is 0.254 e. The van der Waals surface area contributed by atoms with Crippen LogP contribution in [-0.4, -0.2) is 55.0 Å². The van der Waals surface area contributed by atoms with Crippen LogP contribution in [0.4, 0.5) is 0 Å². The van der Waals surface area contributed by atoms with Gasteiger partial charge in [0.1, 0.15) is 0 Å². The molecule has 0 aromatic heterocycles. The molecule has 0 saturated carbocycles. The molecule has 0 atom stereocenters. The fraction of sp³-hybridized carbons (Fsp3) is 0.588. The average Bonchev–Trinajstić information content (AvgIpc) is 2.72. The monoisotopic (exact) mass is 289 g/mol. The van der Waals surface area contributed by atoms with Crippen LogP contribution in [0.3, 0.4) is 0 Å². The SMILES string of the molecule is Cc1ccc(C)c(C(=O)N2CCCN(CCCN)CC2)c1. The molecule has 1 fully saturated rings. The highest BCUT2D eigenvalue weighted by molar-refractivity contribution is 5.95. The molecular formula is C17H27N3O. The minimum Gasteiger partial charge on any atom is -0.337 e. The van der Waals surface area contributed by atoms with Crippen molar-refractivity contribution in [2.45, 2.75) is 26.7 Å². The zero-order valence-electron chi connectivity index (χ0n) is 13.3. The molecule has 4 heteroatoms. The van der Waals surface area contributed by atoms with Crippen molar-refractivity contribution in [3.63, 3.8) is 0 Å². The molecule has 0 spiro atoms. The molecule has 1 heterocycles. The Hall–Kier alpha value is -1.39. The zero-order valence-corrected chi connectivity index (χ0v) is 13.3. The summed E-state index contributed by atoms with van der Waals surface area (Å²) in [5.41, 5.74) is 8.63. The maximum Gasteiger partial charge on any atom is 0.254 e. The highest BCUT2D eigenvalue weighted by Gasteiger charge is 2.21. The Bertz CT molecular complexity index is 487. The van der Waals surface area contributed by atoms with Crippen molar-refractivity contribution in [2.75, 3.05) is 39.3 Å². The normalized spacial score (nSPS) is 16.8. The molecule has 21 heavy (non-hydrogen) atoms. The van der Waals surface area contributed by atoms with Crippen LogP contribution in [0.1, 0.15) is 34.3 Å². The van der Waals surface area contributed by atoms with Crippen LogP contribution in [-0.2, 0) is 0 Å². The highest BCUT2D eigenvalue weighted by Crippen LogP contribution is 2.15. The van der Waals surface area contributed by atoms with Gasteiger partial charge in [0.15, 0.2) is 0 Å². The van der Waals surface area contributed by atoms with Crippen molar-refractivity contribution >= 4 is 5.91 Å². The van der Waals surface area contributed by atoms with Gasteiger partial charge in [-0.25, -0.2) is 0 Å². The van der Waals surface area contributed by atoms with Gasteiger partial charge in [0.25, 0.3) is 5.91 Å². The van der Waals surface area contributed by atoms with Crippen molar-refractivity contribution in [2.24, 2.45) is 5.73 Å². The Labute approximate surface area is 127 Å². The van der Waals surface area contributed by atoms with Crippen molar-refractivity contribution in [3.05, 3.63) is 34.9 Å². The Balaban J connectivity index is 2.01. The molecule has 1 saturated heterocycles. The van der Waals surface area contributed by atoms with Crippen LogP contribution in [0.5, 0.6) is 0 Å². The molecule has 116 valence electrons. The van der Waals surface area contributed by atoms with Gasteiger partial charge in [-0.2, -0.15) is 0 Å². The highest BCUT2D eigenvalue weighted by atomic mass is 16.2. The first-order chi connectivity index (χ1) is 10.1. The lowest BCUT2D eigenvalue weighted by Crippen LogP contribution is -2.36. The maximum atomic E-state index is 12.7. The number of rotatable bonds is 4. The van der Waals surface area contributed by atoms with Gasteiger partial charge < -0.3 is 15.5 Å². The number of carbonyl (C=O) groups excluding carboxylic acids is 1. The molecule has 1 amide bonds. The van der Waals surface area contributed by atoms with Crippen LogP contribution < -0.4 is 5.73 Å². The maximum absolute atomic E-state index is 12.7.